The maximum Gasteiger partial charge on any atom is 0.280 e. The van der Waals surface area contributed by atoms with Crippen molar-refractivity contribution in [3.63, 3.8) is 0 Å². The van der Waals surface area contributed by atoms with Crippen LogP contribution in [0.25, 0.3) is 10.8 Å². The van der Waals surface area contributed by atoms with Gasteiger partial charge in [0.2, 0.25) is 0 Å². The Morgan fingerprint density at radius 1 is 0.963 bits per heavy atom. The van der Waals surface area contributed by atoms with Crippen molar-refractivity contribution in [2.24, 2.45) is 0 Å². The second kappa shape index (κ2) is 6.69. The number of carbonyl (C=O) groups is 2. The van der Waals surface area contributed by atoms with E-state index in [9.17, 15) is 9.59 Å². The Labute approximate surface area is 160 Å². The number of anilines is 1. The Bertz CT molecular complexity index is 1050. The summed E-state index contributed by atoms with van der Waals surface area (Å²) in [6, 6.07) is 17.9. The first-order chi connectivity index (χ1) is 13.1. The van der Waals surface area contributed by atoms with Gasteiger partial charge >= 0.3 is 0 Å². The zero-order valence-electron chi connectivity index (χ0n) is 14.4. The summed E-state index contributed by atoms with van der Waals surface area (Å²) in [5, 5.41) is 5.52. The summed E-state index contributed by atoms with van der Waals surface area (Å²) in [5.74, 6) is -0.230. The zero-order valence-corrected chi connectivity index (χ0v) is 15.2. The molecule has 134 valence electrons. The zero-order chi connectivity index (χ0) is 19.0. The van der Waals surface area contributed by atoms with E-state index in [0.29, 0.717) is 28.0 Å². The second-order valence-electron chi connectivity index (χ2n) is 5.95. The highest BCUT2D eigenvalue weighted by Crippen LogP contribution is 2.29. The van der Waals surface area contributed by atoms with Crippen molar-refractivity contribution >= 4 is 45.6 Å². The summed E-state index contributed by atoms with van der Waals surface area (Å²) in [6.45, 7) is 0. The van der Waals surface area contributed by atoms with Crippen molar-refractivity contribution in [3.8, 4) is 5.75 Å². The number of amides is 2. The fraction of sp³-hybridized carbons (Fsp3) is 0.0500. The molecule has 0 saturated heterocycles. The second-order valence-corrected chi connectivity index (χ2v) is 6.36. The summed E-state index contributed by atoms with van der Waals surface area (Å²) in [5.41, 5.74) is 4.29. The molecule has 1 heterocycles. The molecule has 0 bridgehead atoms. The SMILES string of the molecule is COc1cccc(NC(=S)NN2C(=O)c3cccc4cccc(c34)C2=O)c1. The number of hydrogen-bond acceptors (Lipinski definition) is 4. The van der Waals surface area contributed by atoms with Crippen molar-refractivity contribution in [1.29, 1.82) is 0 Å². The van der Waals surface area contributed by atoms with Crippen molar-refractivity contribution in [3.05, 3.63) is 71.8 Å². The minimum atomic E-state index is -0.445. The van der Waals surface area contributed by atoms with Crippen LogP contribution in [0, 0.1) is 0 Å². The predicted octanol–water partition coefficient (Wildman–Crippen LogP) is 3.35. The summed E-state index contributed by atoms with van der Waals surface area (Å²) >= 11 is 5.27. The molecule has 0 fully saturated rings. The molecule has 4 rings (SSSR count). The van der Waals surface area contributed by atoms with E-state index in [-0.39, 0.29) is 5.11 Å². The highest BCUT2D eigenvalue weighted by molar-refractivity contribution is 7.80. The van der Waals surface area contributed by atoms with Crippen molar-refractivity contribution < 1.29 is 14.3 Å². The van der Waals surface area contributed by atoms with Crippen LogP contribution >= 0.6 is 12.2 Å². The number of imide groups is 1. The largest absolute Gasteiger partial charge is 0.497 e. The summed E-state index contributed by atoms with van der Waals surface area (Å²) in [6.07, 6.45) is 0. The van der Waals surface area contributed by atoms with Crippen LogP contribution in [-0.2, 0) is 0 Å². The van der Waals surface area contributed by atoms with Gasteiger partial charge in [-0.2, -0.15) is 5.01 Å². The average molecular weight is 377 g/mol. The van der Waals surface area contributed by atoms with Crippen LogP contribution in [0.2, 0.25) is 0 Å². The van der Waals surface area contributed by atoms with Crippen molar-refractivity contribution in [2.45, 2.75) is 0 Å². The minimum absolute atomic E-state index is 0.122. The highest BCUT2D eigenvalue weighted by atomic mass is 32.1. The van der Waals surface area contributed by atoms with Crippen LogP contribution < -0.4 is 15.5 Å². The van der Waals surface area contributed by atoms with Crippen LogP contribution in [0.15, 0.2) is 60.7 Å². The van der Waals surface area contributed by atoms with Gasteiger partial charge in [-0.25, -0.2) is 0 Å². The lowest BCUT2D eigenvalue weighted by Crippen LogP contribution is -2.52. The number of nitrogens with zero attached hydrogens (tertiary/aromatic N) is 1. The molecule has 0 saturated carbocycles. The van der Waals surface area contributed by atoms with E-state index in [2.05, 4.69) is 10.7 Å². The van der Waals surface area contributed by atoms with Crippen LogP contribution in [0.4, 0.5) is 5.69 Å². The Hall–Kier alpha value is -3.45. The lowest BCUT2D eigenvalue weighted by molar-refractivity contribution is 0.0568. The summed E-state index contributed by atoms with van der Waals surface area (Å²) in [7, 11) is 1.57. The fourth-order valence-electron chi connectivity index (χ4n) is 3.09. The molecule has 3 aromatic carbocycles. The van der Waals surface area contributed by atoms with E-state index >= 15 is 0 Å². The molecule has 0 unspecified atom stereocenters. The molecule has 0 spiro atoms. The van der Waals surface area contributed by atoms with Gasteiger partial charge in [0.15, 0.2) is 5.11 Å². The molecule has 0 aromatic heterocycles. The highest BCUT2D eigenvalue weighted by Gasteiger charge is 2.33. The van der Waals surface area contributed by atoms with Crippen LogP contribution in [0.1, 0.15) is 20.7 Å². The minimum Gasteiger partial charge on any atom is -0.497 e. The van der Waals surface area contributed by atoms with Crippen LogP contribution in [0.5, 0.6) is 5.75 Å². The first kappa shape index (κ1) is 17.0. The van der Waals surface area contributed by atoms with E-state index < -0.39 is 11.8 Å². The van der Waals surface area contributed by atoms with Crippen LogP contribution in [-0.4, -0.2) is 29.0 Å². The number of hydrogen-bond donors (Lipinski definition) is 2. The standard InChI is InChI=1S/C20H15N3O3S/c1-26-14-8-4-7-13(11-14)21-20(27)22-23-18(24)15-9-2-5-12-6-3-10-16(17(12)15)19(23)25/h2-11H,1H3,(H2,21,22,27). The van der Waals surface area contributed by atoms with E-state index in [1.165, 1.54) is 0 Å². The molecule has 0 radical (unpaired) electrons. The molecular weight excluding hydrogens is 362 g/mol. The molecule has 1 aliphatic heterocycles. The number of benzene rings is 3. The number of rotatable bonds is 3. The average Bonchev–Trinajstić information content (AvgIpc) is 2.69. The van der Waals surface area contributed by atoms with Gasteiger partial charge < -0.3 is 10.1 Å². The van der Waals surface area contributed by atoms with Crippen LogP contribution in [0.3, 0.4) is 0 Å². The number of hydrazine groups is 1. The monoisotopic (exact) mass is 377 g/mol. The Morgan fingerprint density at radius 2 is 1.59 bits per heavy atom. The molecule has 2 amide bonds. The predicted molar refractivity (Wildman–Crippen MR) is 107 cm³/mol. The Morgan fingerprint density at radius 3 is 2.22 bits per heavy atom. The summed E-state index contributed by atoms with van der Waals surface area (Å²) in [4.78, 5) is 25.7. The Kier molecular flexibility index (Phi) is 4.21. The van der Waals surface area contributed by atoms with Gasteiger partial charge in [-0.15, -0.1) is 0 Å². The molecular formula is C20H15N3O3S. The normalized spacial score (nSPS) is 12.9. The first-order valence-corrected chi connectivity index (χ1v) is 8.61. The number of thiocarbonyl (C=S) groups is 1. The molecule has 1 aliphatic rings. The van der Waals surface area contributed by atoms with E-state index in [4.69, 9.17) is 17.0 Å². The first-order valence-electron chi connectivity index (χ1n) is 8.20. The van der Waals surface area contributed by atoms with Crippen molar-refractivity contribution in [2.75, 3.05) is 12.4 Å². The third-order valence-electron chi connectivity index (χ3n) is 4.31. The van der Waals surface area contributed by atoms with Gasteiger partial charge in [-0.05, 0) is 41.9 Å². The topological polar surface area (TPSA) is 70.7 Å². The van der Waals surface area contributed by atoms with Gasteiger partial charge in [0.25, 0.3) is 11.8 Å². The summed E-state index contributed by atoms with van der Waals surface area (Å²) < 4.78 is 5.17. The van der Waals surface area contributed by atoms with Gasteiger partial charge in [0.1, 0.15) is 5.75 Å². The molecule has 6 nitrogen and oxygen atoms in total. The van der Waals surface area contributed by atoms with E-state index in [1.807, 2.05) is 12.1 Å². The molecule has 0 aliphatic carbocycles. The smallest absolute Gasteiger partial charge is 0.280 e. The molecule has 27 heavy (non-hydrogen) atoms. The van der Waals surface area contributed by atoms with Gasteiger partial charge in [-0.3, -0.25) is 15.0 Å². The fourth-order valence-corrected chi connectivity index (χ4v) is 3.30. The number of nitrogens with one attached hydrogen (secondary N) is 2. The number of ether oxygens (including phenoxy) is 1. The number of methoxy groups -OCH3 is 1. The van der Waals surface area contributed by atoms with E-state index in [0.717, 1.165) is 10.4 Å². The molecule has 3 aromatic rings. The lowest BCUT2D eigenvalue weighted by atomic mass is 9.95. The molecule has 0 atom stereocenters. The van der Waals surface area contributed by atoms with E-state index in [1.54, 1.807) is 55.6 Å². The Balaban J connectivity index is 1.60. The van der Waals surface area contributed by atoms with Gasteiger partial charge in [-0.1, -0.05) is 30.3 Å². The lowest BCUT2D eigenvalue weighted by Gasteiger charge is -2.28. The quantitative estimate of drug-likeness (QED) is 0.539. The van der Waals surface area contributed by atoms with Gasteiger partial charge in [0.05, 0.1) is 18.2 Å². The van der Waals surface area contributed by atoms with Gasteiger partial charge in [0, 0.05) is 17.1 Å². The maximum atomic E-state index is 12.8. The third-order valence-corrected chi connectivity index (χ3v) is 4.51. The third kappa shape index (κ3) is 2.98. The van der Waals surface area contributed by atoms with Crippen molar-refractivity contribution in [1.82, 2.24) is 10.4 Å². The maximum absolute atomic E-state index is 12.8. The number of carbonyl (C=O) groups excluding carboxylic acids is 2. The molecule has 2 N–H and O–H groups in total. The molecule has 7 heteroatoms.